The van der Waals surface area contributed by atoms with E-state index in [-0.39, 0.29) is 23.2 Å². The quantitative estimate of drug-likeness (QED) is 0.807. The maximum absolute atomic E-state index is 11.7. The van der Waals surface area contributed by atoms with Crippen molar-refractivity contribution in [2.75, 3.05) is 23.4 Å². The number of nitrogens with one attached hydrogen (secondary N) is 2. The molecule has 1 aliphatic heterocycles. The number of thiazole rings is 1. The second kappa shape index (κ2) is 6.10. The third kappa shape index (κ3) is 4.24. The van der Waals surface area contributed by atoms with E-state index in [0.29, 0.717) is 28.7 Å². The van der Waals surface area contributed by atoms with Gasteiger partial charge in [-0.15, -0.1) is 0 Å². The molecule has 2 amide bonds. The van der Waals surface area contributed by atoms with Gasteiger partial charge in [-0.3, -0.25) is 10.1 Å². The molecule has 1 saturated heterocycles. The monoisotopic (exact) mass is 331 g/mol. The van der Waals surface area contributed by atoms with E-state index in [2.05, 4.69) is 15.6 Å². The Morgan fingerprint density at radius 1 is 1.43 bits per heavy atom. The minimum atomic E-state index is -2.93. The molecule has 0 unspecified atom stereocenters. The molecule has 0 aromatic carbocycles. The van der Waals surface area contributed by atoms with Crippen LogP contribution in [0.25, 0.3) is 0 Å². The number of nitrogens with zero attached hydrogens (tertiary/aromatic N) is 1. The Morgan fingerprint density at radius 2 is 2.14 bits per heavy atom. The minimum Gasteiger partial charge on any atom is -0.337 e. The van der Waals surface area contributed by atoms with Crippen LogP contribution in [0.2, 0.25) is 0 Å². The number of aryl methyl sites for hydroxylation is 1. The Balaban J connectivity index is 1.85. The maximum Gasteiger partial charge on any atom is 0.321 e. The normalized spacial score (nSPS) is 20.2. The van der Waals surface area contributed by atoms with E-state index in [1.54, 1.807) is 6.92 Å². The van der Waals surface area contributed by atoms with E-state index < -0.39 is 15.9 Å². The number of amides is 2. The summed E-state index contributed by atoms with van der Waals surface area (Å²) >= 11 is 1.13. The zero-order valence-corrected chi connectivity index (χ0v) is 13.4. The van der Waals surface area contributed by atoms with Crippen molar-refractivity contribution >= 4 is 38.1 Å². The minimum absolute atomic E-state index is 0.0356. The van der Waals surface area contributed by atoms with Crippen LogP contribution < -0.4 is 10.6 Å². The number of rotatable bonds is 4. The molecule has 0 bridgehead atoms. The van der Waals surface area contributed by atoms with Crippen LogP contribution in [-0.4, -0.2) is 43.3 Å². The molecule has 1 aromatic heterocycles. The number of anilines is 1. The summed E-state index contributed by atoms with van der Waals surface area (Å²) in [5.41, 5.74) is 0.588. The molecule has 2 rings (SSSR count). The highest BCUT2D eigenvalue weighted by atomic mass is 32.2. The first kappa shape index (κ1) is 15.9. The van der Waals surface area contributed by atoms with Crippen LogP contribution in [0.5, 0.6) is 0 Å². The number of Topliss-reactive ketones (excluding diaryl/α,β-unsaturated/α-hetero) is 1. The van der Waals surface area contributed by atoms with E-state index >= 15 is 0 Å². The maximum atomic E-state index is 11.7. The van der Waals surface area contributed by atoms with Crippen molar-refractivity contribution in [3.8, 4) is 0 Å². The molecule has 1 atom stereocenters. The zero-order valence-electron chi connectivity index (χ0n) is 11.8. The number of aromatic nitrogens is 1. The van der Waals surface area contributed by atoms with Gasteiger partial charge < -0.3 is 5.32 Å². The molecule has 0 spiro atoms. The van der Waals surface area contributed by atoms with E-state index in [1.165, 1.54) is 6.92 Å². The molecule has 2 heterocycles. The van der Waals surface area contributed by atoms with Gasteiger partial charge >= 0.3 is 6.03 Å². The molecule has 0 aliphatic carbocycles. The highest BCUT2D eigenvalue weighted by Gasteiger charge is 2.28. The number of ketones is 1. The largest absolute Gasteiger partial charge is 0.337 e. The Labute approximate surface area is 127 Å². The molecular formula is C12H17N3O4S2. The molecular weight excluding hydrogens is 314 g/mol. The standard InChI is InChI=1S/C12H17N3O4S2/c1-7-10(8(2)16)20-12(14-7)15-11(17)13-5-9-3-4-21(18,19)6-9/h9H,3-6H2,1-2H3,(H2,13,14,15,17)/t9-/m0/s1. The molecule has 1 fully saturated rings. The number of hydrogen-bond acceptors (Lipinski definition) is 6. The van der Waals surface area contributed by atoms with Gasteiger partial charge in [0.2, 0.25) is 0 Å². The van der Waals surface area contributed by atoms with Gasteiger partial charge in [-0.2, -0.15) is 0 Å². The SMILES string of the molecule is CC(=O)c1sc(NC(=O)NC[C@@H]2CCS(=O)(=O)C2)nc1C. The lowest BCUT2D eigenvalue weighted by atomic mass is 10.1. The number of hydrogen-bond donors (Lipinski definition) is 2. The van der Waals surface area contributed by atoms with Crippen molar-refractivity contribution < 1.29 is 18.0 Å². The van der Waals surface area contributed by atoms with Gasteiger partial charge in [-0.25, -0.2) is 18.2 Å². The third-order valence-corrected chi connectivity index (χ3v) is 6.23. The van der Waals surface area contributed by atoms with Crippen LogP contribution in [0.3, 0.4) is 0 Å². The summed E-state index contributed by atoms with van der Waals surface area (Å²) in [5.74, 6) is 0.188. The van der Waals surface area contributed by atoms with E-state index in [0.717, 1.165) is 11.3 Å². The molecule has 2 N–H and O–H groups in total. The highest BCUT2D eigenvalue weighted by Crippen LogP contribution is 2.23. The second-order valence-corrected chi connectivity index (χ2v) is 8.32. The van der Waals surface area contributed by atoms with Crippen LogP contribution in [0, 0.1) is 12.8 Å². The van der Waals surface area contributed by atoms with Crippen LogP contribution in [0.15, 0.2) is 0 Å². The molecule has 9 heteroatoms. The van der Waals surface area contributed by atoms with Crippen molar-refractivity contribution in [1.82, 2.24) is 10.3 Å². The summed E-state index contributed by atoms with van der Waals surface area (Å²) in [6, 6.07) is -0.442. The van der Waals surface area contributed by atoms with Crippen LogP contribution in [0.4, 0.5) is 9.93 Å². The second-order valence-electron chi connectivity index (χ2n) is 5.09. The lowest BCUT2D eigenvalue weighted by Crippen LogP contribution is -2.33. The van der Waals surface area contributed by atoms with Gasteiger partial charge in [0.05, 0.1) is 22.1 Å². The molecule has 7 nitrogen and oxygen atoms in total. The lowest BCUT2D eigenvalue weighted by molar-refractivity contribution is 0.102. The first-order chi connectivity index (χ1) is 9.77. The zero-order chi connectivity index (χ0) is 15.6. The molecule has 21 heavy (non-hydrogen) atoms. The molecule has 0 radical (unpaired) electrons. The number of sulfone groups is 1. The Morgan fingerprint density at radius 3 is 2.67 bits per heavy atom. The third-order valence-electron chi connectivity index (χ3n) is 3.21. The van der Waals surface area contributed by atoms with Gasteiger partial charge in [0.25, 0.3) is 0 Å². The summed E-state index contributed by atoms with van der Waals surface area (Å²) in [5, 5.41) is 5.55. The smallest absolute Gasteiger partial charge is 0.321 e. The van der Waals surface area contributed by atoms with Gasteiger partial charge in [0.15, 0.2) is 20.8 Å². The lowest BCUT2D eigenvalue weighted by Gasteiger charge is -2.09. The molecule has 116 valence electrons. The molecule has 0 saturated carbocycles. The van der Waals surface area contributed by atoms with Gasteiger partial charge in [-0.05, 0) is 19.3 Å². The van der Waals surface area contributed by atoms with E-state index in [1.807, 2.05) is 0 Å². The Hall–Kier alpha value is -1.48. The highest BCUT2D eigenvalue weighted by molar-refractivity contribution is 7.91. The summed E-state index contributed by atoms with van der Waals surface area (Å²) in [7, 11) is -2.93. The van der Waals surface area contributed by atoms with Crippen LogP contribution in [-0.2, 0) is 9.84 Å². The fourth-order valence-corrected chi connectivity index (χ4v) is 4.91. The Kier molecular flexibility index (Phi) is 4.62. The van der Waals surface area contributed by atoms with Crippen molar-refractivity contribution in [2.24, 2.45) is 5.92 Å². The predicted molar refractivity (Wildman–Crippen MR) is 80.6 cm³/mol. The molecule has 1 aliphatic rings. The topological polar surface area (TPSA) is 105 Å². The first-order valence-electron chi connectivity index (χ1n) is 6.50. The summed E-state index contributed by atoms with van der Waals surface area (Å²) < 4.78 is 22.6. The number of urea groups is 1. The van der Waals surface area contributed by atoms with Crippen molar-refractivity contribution in [3.63, 3.8) is 0 Å². The van der Waals surface area contributed by atoms with Gasteiger partial charge in [0, 0.05) is 13.5 Å². The predicted octanol–water partition coefficient (Wildman–Crippen LogP) is 1.21. The number of carbonyl (C=O) groups excluding carboxylic acids is 2. The average molecular weight is 331 g/mol. The first-order valence-corrected chi connectivity index (χ1v) is 9.14. The van der Waals surface area contributed by atoms with E-state index in [9.17, 15) is 18.0 Å². The fourth-order valence-electron chi connectivity index (χ4n) is 2.19. The van der Waals surface area contributed by atoms with Gasteiger partial charge in [0.1, 0.15) is 0 Å². The summed E-state index contributed by atoms with van der Waals surface area (Å²) in [4.78, 5) is 27.7. The van der Waals surface area contributed by atoms with E-state index in [4.69, 9.17) is 0 Å². The van der Waals surface area contributed by atoms with Crippen molar-refractivity contribution in [1.29, 1.82) is 0 Å². The molecule has 1 aromatic rings. The summed E-state index contributed by atoms with van der Waals surface area (Å²) in [6.45, 7) is 3.47. The fraction of sp³-hybridized carbons (Fsp3) is 0.583. The van der Waals surface area contributed by atoms with Crippen molar-refractivity contribution in [2.45, 2.75) is 20.3 Å². The van der Waals surface area contributed by atoms with Gasteiger partial charge in [-0.1, -0.05) is 11.3 Å². The van der Waals surface area contributed by atoms with Crippen LogP contribution >= 0.6 is 11.3 Å². The number of carbonyl (C=O) groups is 2. The average Bonchev–Trinajstić information content (AvgIpc) is 2.89. The van der Waals surface area contributed by atoms with Crippen molar-refractivity contribution in [3.05, 3.63) is 10.6 Å². The van der Waals surface area contributed by atoms with Crippen LogP contribution in [0.1, 0.15) is 28.7 Å². The summed E-state index contributed by atoms with van der Waals surface area (Å²) in [6.07, 6.45) is 0.577. The Bertz CT molecular complexity index is 666.